The number of aryl methyl sites for hydroxylation is 1. The highest BCUT2D eigenvalue weighted by Gasteiger charge is 2.28. The van der Waals surface area contributed by atoms with E-state index in [0.29, 0.717) is 0 Å². The molecule has 1 aromatic carbocycles. The molecule has 21 heavy (non-hydrogen) atoms. The van der Waals surface area contributed by atoms with E-state index in [9.17, 15) is 4.79 Å². The minimum Gasteiger partial charge on any atom is -0.358 e. The molecule has 4 heteroatoms. The van der Waals surface area contributed by atoms with Gasteiger partial charge in [-0.15, -0.1) is 0 Å². The maximum absolute atomic E-state index is 12.0. The van der Waals surface area contributed by atoms with Crippen LogP contribution < -0.4 is 15.5 Å². The second kappa shape index (κ2) is 6.06. The summed E-state index contributed by atoms with van der Waals surface area (Å²) >= 11 is 0. The Morgan fingerprint density at radius 2 is 2.19 bits per heavy atom. The molecule has 1 amide bonds. The van der Waals surface area contributed by atoms with Crippen LogP contribution in [0.3, 0.4) is 0 Å². The van der Waals surface area contributed by atoms with Gasteiger partial charge in [-0.1, -0.05) is 13.0 Å². The average molecular weight is 287 g/mol. The number of amides is 1. The number of hydrogen-bond acceptors (Lipinski definition) is 3. The Balaban J connectivity index is 1.74. The summed E-state index contributed by atoms with van der Waals surface area (Å²) in [6, 6.07) is 7.30. The second-order valence-corrected chi connectivity index (χ2v) is 6.17. The van der Waals surface area contributed by atoms with Gasteiger partial charge in [0.05, 0.1) is 0 Å². The van der Waals surface area contributed by atoms with Crippen molar-refractivity contribution in [3.05, 3.63) is 29.3 Å². The zero-order valence-corrected chi connectivity index (χ0v) is 13.0. The van der Waals surface area contributed by atoms with Crippen molar-refractivity contribution in [3.8, 4) is 0 Å². The van der Waals surface area contributed by atoms with Gasteiger partial charge in [-0.05, 0) is 49.4 Å². The van der Waals surface area contributed by atoms with Crippen molar-refractivity contribution in [2.75, 3.05) is 18.0 Å². The van der Waals surface area contributed by atoms with E-state index in [2.05, 4.69) is 47.6 Å². The molecule has 1 saturated carbocycles. The van der Waals surface area contributed by atoms with Crippen molar-refractivity contribution in [1.82, 2.24) is 10.6 Å². The normalized spacial score (nSPS) is 22.3. The highest BCUT2D eigenvalue weighted by molar-refractivity contribution is 5.86. The Bertz CT molecular complexity index is 525. The van der Waals surface area contributed by atoms with E-state index in [4.69, 9.17) is 0 Å². The van der Waals surface area contributed by atoms with Gasteiger partial charge in [-0.25, -0.2) is 0 Å². The number of anilines is 1. The SMILES string of the molecule is CCC1C(=O)NCCN1c1ccc(CNC2CC2)c(C)c1. The van der Waals surface area contributed by atoms with E-state index in [1.807, 2.05) is 0 Å². The van der Waals surface area contributed by atoms with E-state index in [0.717, 1.165) is 32.1 Å². The fourth-order valence-corrected chi connectivity index (χ4v) is 3.03. The molecule has 2 aliphatic rings. The van der Waals surface area contributed by atoms with Gasteiger partial charge in [0.1, 0.15) is 6.04 Å². The number of carbonyl (C=O) groups excluding carboxylic acids is 1. The molecule has 0 radical (unpaired) electrons. The van der Waals surface area contributed by atoms with Gasteiger partial charge in [-0.2, -0.15) is 0 Å². The summed E-state index contributed by atoms with van der Waals surface area (Å²) in [5.74, 6) is 0.154. The summed E-state index contributed by atoms with van der Waals surface area (Å²) in [5.41, 5.74) is 3.84. The van der Waals surface area contributed by atoms with Gasteiger partial charge in [0, 0.05) is 31.4 Å². The van der Waals surface area contributed by atoms with E-state index < -0.39 is 0 Å². The fraction of sp³-hybridized carbons (Fsp3) is 0.588. The number of nitrogens with one attached hydrogen (secondary N) is 2. The maximum atomic E-state index is 12.0. The summed E-state index contributed by atoms with van der Waals surface area (Å²) in [5, 5.41) is 6.52. The van der Waals surface area contributed by atoms with E-state index in [1.165, 1.54) is 29.7 Å². The molecule has 1 saturated heterocycles. The van der Waals surface area contributed by atoms with Gasteiger partial charge in [0.15, 0.2) is 0 Å². The van der Waals surface area contributed by atoms with Crippen LogP contribution in [0, 0.1) is 6.92 Å². The van der Waals surface area contributed by atoms with Gasteiger partial charge in [-0.3, -0.25) is 4.79 Å². The molecule has 1 aliphatic heterocycles. The smallest absolute Gasteiger partial charge is 0.242 e. The molecule has 0 bridgehead atoms. The number of piperazine rings is 1. The number of benzene rings is 1. The lowest BCUT2D eigenvalue weighted by atomic mass is 10.0. The van der Waals surface area contributed by atoms with E-state index >= 15 is 0 Å². The second-order valence-electron chi connectivity index (χ2n) is 6.17. The van der Waals surface area contributed by atoms with Crippen LogP contribution in [0.25, 0.3) is 0 Å². The van der Waals surface area contributed by atoms with Crippen molar-refractivity contribution >= 4 is 11.6 Å². The molecule has 3 rings (SSSR count). The first-order chi connectivity index (χ1) is 10.2. The first-order valence-corrected chi connectivity index (χ1v) is 8.06. The van der Waals surface area contributed by atoms with Crippen LogP contribution in [0.5, 0.6) is 0 Å². The highest BCUT2D eigenvalue weighted by Crippen LogP contribution is 2.25. The Kier molecular flexibility index (Phi) is 4.15. The molecule has 1 aliphatic carbocycles. The number of carbonyl (C=O) groups is 1. The minimum atomic E-state index is -0.0337. The molecule has 2 N–H and O–H groups in total. The van der Waals surface area contributed by atoms with E-state index in [-0.39, 0.29) is 11.9 Å². The van der Waals surface area contributed by atoms with Gasteiger partial charge < -0.3 is 15.5 Å². The quantitative estimate of drug-likeness (QED) is 0.870. The lowest BCUT2D eigenvalue weighted by Crippen LogP contribution is -2.55. The summed E-state index contributed by atoms with van der Waals surface area (Å²) in [6.07, 6.45) is 3.48. The maximum Gasteiger partial charge on any atom is 0.242 e. The van der Waals surface area contributed by atoms with Crippen LogP contribution in [-0.2, 0) is 11.3 Å². The monoisotopic (exact) mass is 287 g/mol. The van der Waals surface area contributed by atoms with Crippen LogP contribution in [0.4, 0.5) is 5.69 Å². The van der Waals surface area contributed by atoms with Crippen molar-refractivity contribution in [2.45, 2.75) is 51.7 Å². The Labute approximate surface area is 126 Å². The summed E-state index contributed by atoms with van der Waals surface area (Å²) in [4.78, 5) is 14.2. The zero-order chi connectivity index (χ0) is 14.8. The summed E-state index contributed by atoms with van der Waals surface area (Å²) in [7, 11) is 0. The average Bonchev–Trinajstić information content (AvgIpc) is 3.30. The molecule has 1 unspecified atom stereocenters. The molecule has 1 heterocycles. The molecule has 2 fully saturated rings. The van der Waals surface area contributed by atoms with Crippen LogP contribution in [0.1, 0.15) is 37.3 Å². The third kappa shape index (κ3) is 3.21. The Morgan fingerprint density at radius 1 is 1.38 bits per heavy atom. The minimum absolute atomic E-state index is 0.0337. The number of rotatable bonds is 5. The number of hydrogen-bond donors (Lipinski definition) is 2. The molecular weight excluding hydrogens is 262 g/mol. The van der Waals surface area contributed by atoms with Crippen molar-refractivity contribution < 1.29 is 4.79 Å². The molecule has 1 aromatic rings. The molecule has 4 nitrogen and oxygen atoms in total. The number of nitrogens with zero attached hydrogens (tertiary/aromatic N) is 1. The Hall–Kier alpha value is -1.55. The van der Waals surface area contributed by atoms with Crippen LogP contribution in [0.2, 0.25) is 0 Å². The summed E-state index contributed by atoms with van der Waals surface area (Å²) in [6.45, 7) is 6.82. The first-order valence-electron chi connectivity index (χ1n) is 8.06. The third-order valence-corrected chi connectivity index (χ3v) is 4.53. The Morgan fingerprint density at radius 3 is 2.86 bits per heavy atom. The zero-order valence-electron chi connectivity index (χ0n) is 13.0. The summed E-state index contributed by atoms with van der Waals surface area (Å²) < 4.78 is 0. The van der Waals surface area contributed by atoms with Gasteiger partial charge in [0.25, 0.3) is 0 Å². The van der Waals surface area contributed by atoms with Crippen molar-refractivity contribution in [1.29, 1.82) is 0 Å². The molecular formula is C17H25N3O. The standard InChI is InChI=1S/C17H25N3O/c1-3-16-17(21)18-8-9-20(16)15-7-4-13(12(2)10-15)11-19-14-5-6-14/h4,7,10,14,16,19H,3,5-6,8-9,11H2,1-2H3,(H,18,21). The predicted octanol–water partition coefficient (Wildman–Crippen LogP) is 1.96. The van der Waals surface area contributed by atoms with Crippen LogP contribution in [0.15, 0.2) is 18.2 Å². The fourth-order valence-electron chi connectivity index (χ4n) is 3.03. The molecule has 0 spiro atoms. The van der Waals surface area contributed by atoms with Crippen LogP contribution in [-0.4, -0.2) is 31.1 Å². The largest absolute Gasteiger partial charge is 0.358 e. The molecule has 1 atom stereocenters. The van der Waals surface area contributed by atoms with Crippen molar-refractivity contribution in [2.24, 2.45) is 0 Å². The van der Waals surface area contributed by atoms with Gasteiger partial charge >= 0.3 is 0 Å². The third-order valence-electron chi connectivity index (χ3n) is 4.53. The lowest BCUT2D eigenvalue weighted by Gasteiger charge is -2.36. The predicted molar refractivity (Wildman–Crippen MR) is 85.5 cm³/mol. The van der Waals surface area contributed by atoms with Gasteiger partial charge in [0.2, 0.25) is 5.91 Å². The topological polar surface area (TPSA) is 44.4 Å². The van der Waals surface area contributed by atoms with Crippen molar-refractivity contribution in [3.63, 3.8) is 0 Å². The lowest BCUT2D eigenvalue weighted by molar-refractivity contribution is -0.123. The van der Waals surface area contributed by atoms with E-state index in [1.54, 1.807) is 0 Å². The molecule has 114 valence electrons. The first kappa shape index (κ1) is 14.4. The molecule has 0 aromatic heterocycles. The van der Waals surface area contributed by atoms with Crippen LogP contribution >= 0.6 is 0 Å². The highest BCUT2D eigenvalue weighted by atomic mass is 16.2.